The van der Waals surface area contributed by atoms with Gasteiger partial charge in [-0.25, -0.2) is 9.97 Å². The summed E-state index contributed by atoms with van der Waals surface area (Å²) in [6.07, 6.45) is 7.08. The Kier molecular flexibility index (Phi) is 5.43. The normalized spacial score (nSPS) is 15.2. The molecule has 0 spiro atoms. The summed E-state index contributed by atoms with van der Waals surface area (Å²) in [5, 5.41) is 2.88. The Bertz CT molecular complexity index is 663. The Balaban J connectivity index is 1.47. The van der Waals surface area contributed by atoms with Crippen LogP contribution in [0.5, 0.6) is 5.88 Å². The molecule has 1 amide bonds. The number of nitrogens with one attached hydrogen (secondary N) is 1. The second kappa shape index (κ2) is 7.92. The molecule has 3 rings (SSSR count). The highest BCUT2D eigenvalue weighted by molar-refractivity contribution is 5.93. The van der Waals surface area contributed by atoms with E-state index in [1.807, 2.05) is 17.7 Å². The van der Waals surface area contributed by atoms with Crippen molar-refractivity contribution >= 4 is 5.91 Å². The number of hydrogen-bond donors (Lipinski definition) is 1. The summed E-state index contributed by atoms with van der Waals surface area (Å²) >= 11 is 0. The molecule has 7 heteroatoms. The molecule has 128 valence electrons. The van der Waals surface area contributed by atoms with Gasteiger partial charge in [0.2, 0.25) is 5.88 Å². The van der Waals surface area contributed by atoms with Crippen LogP contribution in [0.25, 0.3) is 0 Å². The number of nitrogens with zero attached hydrogens (tertiary/aromatic N) is 3. The van der Waals surface area contributed by atoms with E-state index >= 15 is 0 Å². The maximum atomic E-state index is 12.1. The molecular formula is C17H22N4O3. The molecule has 1 saturated heterocycles. The molecule has 0 atom stereocenters. The number of rotatable bonds is 6. The highest BCUT2D eigenvalue weighted by Gasteiger charge is 2.16. The predicted molar refractivity (Wildman–Crippen MR) is 88.0 cm³/mol. The number of aromatic nitrogens is 3. The van der Waals surface area contributed by atoms with Crippen molar-refractivity contribution in [3.8, 4) is 5.88 Å². The minimum absolute atomic E-state index is 0.141. The molecule has 7 nitrogen and oxygen atoms in total. The lowest BCUT2D eigenvalue weighted by atomic mass is 10.1. The maximum absolute atomic E-state index is 12.1. The molecule has 3 heterocycles. The van der Waals surface area contributed by atoms with Crippen LogP contribution in [0.3, 0.4) is 0 Å². The maximum Gasteiger partial charge on any atom is 0.252 e. The Morgan fingerprint density at radius 3 is 2.88 bits per heavy atom. The molecule has 1 aliphatic rings. The van der Waals surface area contributed by atoms with Crippen LogP contribution >= 0.6 is 0 Å². The van der Waals surface area contributed by atoms with Gasteiger partial charge in [0.25, 0.3) is 5.91 Å². The third-order valence-corrected chi connectivity index (χ3v) is 4.02. The van der Waals surface area contributed by atoms with Crippen LogP contribution in [0.15, 0.2) is 30.7 Å². The highest BCUT2D eigenvalue weighted by atomic mass is 16.5. The quantitative estimate of drug-likeness (QED) is 0.870. The molecular weight excluding hydrogens is 308 g/mol. The lowest BCUT2D eigenvalue weighted by Gasteiger charge is -2.22. The molecule has 0 aliphatic carbocycles. The molecule has 0 radical (unpaired) electrons. The fraction of sp³-hybridized carbons (Fsp3) is 0.471. The standard InChI is InChI=1S/C17H22N4O3/c1-13-18-6-8-21(13)9-7-19-17(22)14-2-3-16(20-12-14)24-15-4-10-23-11-5-15/h2-3,6,8,12,15H,4-5,7,9-11H2,1H3,(H,19,22). The molecule has 0 bridgehead atoms. The van der Waals surface area contributed by atoms with E-state index in [2.05, 4.69) is 15.3 Å². The molecule has 0 aromatic carbocycles. The Morgan fingerprint density at radius 2 is 2.21 bits per heavy atom. The summed E-state index contributed by atoms with van der Waals surface area (Å²) in [6, 6.07) is 3.48. The first kappa shape index (κ1) is 16.4. The first-order valence-electron chi connectivity index (χ1n) is 8.19. The van der Waals surface area contributed by atoms with E-state index in [0.29, 0.717) is 24.5 Å². The molecule has 1 fully saturated rings. The minimum atomic E-state index is -0.141. The molecule has 1 N–H and O–H groups in total. The second-order valence-corrected chi connectivity index (χ2v) is 5.74. The smallest absolute Gasteiger partial charge is 0.252 e. The first-order valence-corrected chi connectivity index (χ1v) is 8.19. The van der Waals surface area contributed by atoms with E-state index in [1.165, 1.54) is 0 Å². The molecule has 2 aromatic rings. The summed E-state index contributed by atoms with van der Waals surface area (Å²) in [4.78, 5) is 20.5. The van der Waals surface area contributed by atoms with Crippen molar-refractivity contribution in [3.63, 3.8) is 0 Å². The van der Waals surface area contributed by atoms with Crippen molar-refractivity contribution in [1.29, 1.82) is 0 Å². The predicted octanol–water partition coefficient (Wildman–Crippen LogP) is 1.57. The van der Waals surface area contributed by atoms with E-state index in [9.17, 15) is 4.79 Å². The van der Waals surface area contributed by atoms with Crippen LogP contribution in [0, 0.1) is 6.92 Å². The van der Waals surface area contributed by atoms with E-state index in [-0.39, 0.29) is 12.0 Å². The van der Waals surface area contributed by atoms with Crippen LogP contribution in [0.2, 0.25) is 0 Å². The van der Waals surface area contributed by atoms with Crippen molar-refractivity contribution in [2.75, 3.05) is 19.8 Å². The van der Waals surface area contributed by atoms with Crippen LogP contribution in [0.4, 0.5) is 0 Å². The Hall–Kier alpha value is -2.41. The van der Waals surface area contributed by atoms with Gasteiger partial charge in [-0.3, -0.25) is 4.79 Å². The fourth-order valence-corrected chi connectivity index (χ4v) is 2.58. The zero-order valence-corrected chi connectivity index (χ0v) is 13.8. The Morgan fingerprint density at radius 1 is 1.38 bits per heavy atom. The third-order valence-electron chi connectivity index (χ3n) is 4.02. The van der Waals surface area contributed by atoms with Crippen molar-refractivity contribution in [3.05, 3.63) is 42.1 Å². The summed E-state index contributed by atoms with van der Waals surface area (Å²) in [5.74, 6) is 1.34. The van der Waals surface area contributed by atoms with E-state index in [4.69, 9.17) is 9.47 Å². The molecule has 2 aromatic heterocycles. The third kappa shape index (κ3) is 4.32. The van der Waals surface area contributed by atoms with Crippen LogP contribution in [-0.2, 0) is 11.3 Å². The number of aryl methyl sites for hydroxylation is 1. The number of carbonyl (C=O) groups is 1. The van der Waals surface area contributed by atoms with Crippen LogP contribution in [-0.4, -0.2) is 46.3 Å². The summed E-state index contributed by atoms with van der Waals surface area (Å²) in [5.41, 5.74) is 0.525. The first-order chi connectivity index (χ1) is 11.7. The van der Waals surface area contributed by atoms with Gasteiger partial charge in [-0.1, -0.05) is 0 Å². The van der Waals surface area contributed by atoms with E-state index < -0.39 is 0 Å². The number of imidazole rings is 1. The van der Waals surface area contributed by atoms with Gasteiger partial charge in [0.05, 0.1) is 18.8 Å². The van der Waals surface area contributed by atoms with Crippen molar-refractivity contribution in [1.82, 2.24) is 19.9 Å². The monoisotopic (exact) mass is 330 g/mol. The molecule has 24 heavy (non-hydrogen) atoms. The summed E-state index contributed by atoms with van der Waals surface area (Å²) in [7, 11) is 0. The van der Waals surface area contributed by atoms with Gasteiger partial charge in [0, 0.05) is 50.6 Å². The summed E-state index contributed by atoms with van der Waals surface area (Å²) < 4.78 is 13.1. The second-order valence-electron chi connectivity index (χ2n) is 5.74. The van der Waals surface area contributed by atoms with Crippen molar-refractivity contribution in [2.45, 2.75) is 32.4 Å². The number of carbonyl (C=O) groups excluding carboxylic acids is 1. The minimum Gasteiger partial charge on any atom is -0.474 e. The van der Waals surface area contributed by atoms with E-state index in [0.717, 1.165) is 31.9 Å². The SMILES string of the molecule is Cc1nccn1CCNC(=O)c1ccc(OC2CCOCC2)nc1. The van der Waals surface area contributed by atoms with Gasteiger partial charge in [-0.2, -0.15) is 0 Å². The largest absolute Gasteiger partial charge is 0.474 e. The van der Waals surface area contributed by atoms with Gasteiger partial charge >= 0.3 is 0 Å². The molecule has 0 unspecified atom stereocenters. The van der Waals surface area contributed by atoms with Gasteiger partial charge < -0.3 is 19.4 Å². The van der Waals surface area contributed by atoms with Gasteiger partial charge in [-0.15, -0.1) is 0 Å². The summed E-state index contributed by atoms with van der Waals surface area (Å²) in [6.45, 7) is 4.61. The zero-order valence-electron chi connectivity index (χ0n) is 13.8. The fourth-order valence-electron chi connectivity index (χ4n) is 2.58. The number of hydrogen-bond acceptors (Lipinski definition) is 5. The molecule has 0 saturated carbocycles. The Labute approximate surface area is 141 Å². The highest BCUT2D eigenvalue weighted by Crippen LogP contribution is 2.15. The van der Waals surface area contributed by atoms with Gasteiger partial charge in [0.1, 0.15) is 11.9 Å². The van der Waals surface area contributed by atoms with Gasteiger partial charge in [-0.05, 0) is 13.0 Å². The van der Waals surface area contributed by atoms with Crippen molar-refractivity contribution in [2.24, 2.45) is 0 Å². The van der Waals surface area contributed by atoms with Crippen LogP contribution in [0.1, 0.15) is 29.0 Å². The molecule has 1 aliphatic heterocycles. The number of pyridine rings is 1. The average Bonchev–Trinajstić information content (AvgIpc) is 3.01. The zero-order chi connectivity index (χ0) is 16.8. The van der Waals surface area contributed by atoms with E-state index in [1.54, 1.807) is 24.5 Å². The van der Waals surface area contributed by atoms with Crippen LogP contribution < -0.4 is 10.1 Å². The average molecular weight is 330 g/mol. The number of amides is 1. The lowest BCUT2D eigenvalue weighted by Crippen LogP contribution is -2.28. The lowest BCUT2D eigenvalue weighted by molar-refractivity contribution is 0.0237. The number of ether oxygens (including phenoxy) is 2. The van der Waals surface area contributed by atoms with Crippen molar-refractivity contribution < 1.29 is 14.3 Å². The van der Waals surface area contributed by atoms with Gasteiger partial charge in [0.15, 0.2) is 0 Å². The topological polar surface area (TPSA) is 78.3 Å².